The molecule has 0 unspecified atom stereocenters. The Labute approximate surface area is 109 Å². The Morgan fingerprint density at radius 2 is 2.06 bits per heavy atom. The number of aromatic amines is 1. The smallest absolute Gasteiger partial charge is 0.0457 e. The molecule has 0 atom stereocenters. The van der Waals surface area contributed by atoms with E-state index >= 15 is 0 Å². The minimum absolute atomic E-state index is 0.998. The third kappa shape index (κ3) is 3.34. The molecule has 0 aliphatic carbocycles. The summed E-state index contributed by atoms with van der Waals surface area (Å²) in [5, 5.41) is 4.77. The second-order valence-corrected chi connectivity index (χ2v) is 4.85. The molecule has 18 heavy (non-hydrogen) atoms. The van der Waals surface area contributed by atoms with Crippen molar-refractivity contribution in [3.63, 3.8) is 0 Å². The van der Waals surface area contributed by atoms with Crippen molar-refractivity contribution in [2.24, 2.45) is 0 Å². The summed E-state index contributed by atoms with van der Waals surface area (Å²) >= 11 is 0. The highest BCUT2D eigenvalue weighted by molar-refractivity contribution is 5.82. The van der Waals surface area contributed by atoms with Crippen molar-refractivity contribution in [2.45, 2.75) is 19.9 Å². The molecule has 0 saturated heterocycles. The molecule has 0 spiro atoms. The lowest BCUT2D eigenvalue weighted by atomic mass is 10.1. The number of H-pyrrole nitrogens is 1. The number of hydrogen-bond donors (Lipinski definition) is 2. The van der Waals surface area contributed by atoms with Crippen molar-refractivity contribution >= 4 is 10.9 Å². The number of rotatable bonds is 7. The molecule has 3 nitrogen and oxygen atoms in total. The first-order valence-corrected chi connectivity index (χ1v) is 6.75. The molecule has 3 heteroatoms. The number of benzene rings is 1. The van der Waals surface area contributed by atoms with Gasteiger partial charge in [0.2, 0.25) is 0 Å². The molecule has 1 heterocycles. The highest BCUT2D eigenvalue weighted by Gasteiger charge is 2.05. The molecule has 0 fully saturated rings. The van der Waals surface area contributed by atoms with E-state index in [1.54, 1.807) is 0 Å². The fraction of sp³-hybridized carbons (Fsp3) is 0.467. The standard InChI is InChI=1S/C15H23N3/c1-3-8-16-9-10-18(2)12-13-11-17-15-7-5-4-6-14(13)15/h4-7,11,16-17H,3,8-10,12H2,1-2H3. The number of fused-ring (bicyclic) bond motifs is 1. The van der Waals surface area contributed by atoms with E-state index in [2.05, 4.69) is 59.6 Å². The van der Waals surface area contributed by atoms with Gasteiger partial charge in [-0.25, -0.2) is 0 Å². The van der Waals surface area contributed by atoms with E-state index in [1.807, 2.05) is 0 Å². The van der Waals surface area contributed by atoms with Crippen molar-refractivity contribution < 1.29 is 0 Å². The lowest BCUT2D eigenvalue weighted by Crippen LogP contribution is -2.29. The van der Waals surface area contributed by atoms with Gasteiger partial charge in [-0.2, -0.15) is 0 Å². The summed E-state index contributed by atoms with van der Waals surface area (Å²) in [5.74, 6) is 0. The van der Waals surface area contributed by atoms with Crippen molar-refractivity contribution in [1.82, 2.24) is 15.2 Å². The van der Waals surface area contributed by atoms with E-state index < -0.39 is 0 Å². The highest BCUT2D eigenvalue weighted by Crippen LogP contribution is 2.18. The zero-order valence-corrected chi connectivity index (χ0v) is 11.4. The molecular weight excluding hydrogens is 222 g/mol. The molecule has 0 amide bonds. The van der Waals surface area contributed by atoms with E-state index in [9.17, 15) is 0 Å². The number of likely N-dealkylation sites (N-methyl/N-ethyl adjacent to an activating group) is 1. The van der Waals surface area contributed by atoms with Gasteiger partial charge in [-0.15, -0.1) is 0 Å². The summed E-state index contributed by atoms with van der Waals surface area (Å²) in [7, 11) is 2.18. The number of nitrogens with one attached hydrogen (secondary N) is 2. The molecule has 1 aromatic carbocycles. The van der Waals surface area contributed by atoms with Gasteiger partial charge in [-0.3, -0.25) is 0 Å². The first kappa shape index (κ1) is 13.1. The zero-order valence-electron chi connectivity index (χ0n) is 11.4. The average Bonchev–Trinajstić information content (AvgIpc) is 2.78. The molecule has 0 saturated carbocycles. The number of hydrogen-bond acceptors (Lipinski definition) is 2. The monoisotopic (exact) mass is 245 g/mol. The van der Waals surface area contributed by atoms with Crippen LogP contribution in [-0.4, -0.2) is 36.6 Å². The molecule has 0 radical (unpaired) electrons. The molecule has 2 N–H and O–H groups in total. The second kappa shape index (κ2) is 6.57. The largest absolute Gasteiger partial charge is 0.361 e. The SMILES string of the molecule is CCCNCCN(C)Cc1c[nH]c2ccccc12. The van der Waals surface area contributed by atoms with Crippen molar-refractivity contribution in [3.8, 4) is 0 Å². The Kier molecular flexibility index (Phi) is 4.79. The van der Waals surface area contributed by atoms with Crippen LogP contribution in [0.2, 0.25) is 0 Å². The van der Waals surface area contributed by atoms with E-state index in [0.29, 0.717) is 0 Å². The van der Waals surface area contributed by atoms with Crippen molar-refractivity contribution in [2.75, 3.05) is 26.7 Å². The molecule has 0 aliphatic rings. The lowest BCUT2D eigenvalue weighted by Gasteiger charge is -2.16. The molecule has 0 bridgehead atoms. The van der Waals surface area contributed by atoms with Crippen LogP contribution in [0, 0.1) is 0 Å². The quantitative estimate of drug-likeness (QED) is 0.735. The predicted octanol–water partition coefficient (Wildman–Crippen LogP) is 2.60. The summed E-state index contributed by atoms with van der Waals surface area (Å²) in [4.78, 5) is 5.69. The minimum Gasteiger partial charge on any atom is -0.361 e. The zero-order chi connectivity index (χ0) is 12.8. The molecule has 98 valence electrons. The van der Waals surface area contributed by atoms with Crippen LogP contribution >= 0.6 is 0 Å². The summed E-state index contributed by atoms with van der Waals surface area (Å²) in [6, 6.07) is 8.48. The van der Waals surface area contributed by atoms with Gasteiger partial charge in [0, 0.05) is 36.7 Å². The van der Waals surface area contributed by atoms with E-state index in [-0.39, 0.29) is 0 Å². The number of aromatic nitrogens is 1. The van der Waals surface area contributed by atoms with Crippen LogP contribution in [0.15, 0.2) is 30.5 Å². The van der Waals surface area contributed by atoms with Crippen LogP contribution in [0.1, 0.15) is 18.9 Å². The van der Waals surface area contributed by atoms with Gasteiger partial charge < -0.3 is 15.2 Å². The normalized spacial score (nSPS) is 11.5. The first-order chi connectivity index (χ1) is 8.81. The fourth-order valence-corrected chi connectivity index (χ4v) is 2.20. The number of nitrogens with zero attached hydrogens (tertiary/aromatic N) is 1. The average molecular weight is 245 g/mol. The molecule has 2 aromatic rings. The van der Waals surface area contributed by atoms with Crippen LogP contribution in [0.5, 0.6) is 0 Å². The van der Waals surface area contributed by atoms with Gasteiger partial charge in [0.25, 0.3) is 0 Å². The summed E-state index contributed by atoms with van der Waals surface area (Å²) in [6.45, 7) is 6.45. The summed E-state index contributed by atoms with van der Waals surface area (Å²) in [6.07, 6.45) is 3.33. The lowest BCUT2D eigenvalue weighted by molar-refractivity contribution is 0.326. The summed E-state index contributed by atoms with van der Waals surface area (Å²) < 4.78 is 0. The van der Waals surface area contributed by atoms with Crippen molar-refractivity contribution in [1.29, 1.82) is 0 Å². The number of para-hydroxylation sites is 1. The van der Waals surface area contributed by atoms with Crippen LogP contribution < -0.4 is 5.32 Å². The fourth-order valence-electron chi connectivity index (χ4n) is 2.20. The Hall–Kier alpha value is -1.32. The molecule has 1 aromatic heterocycles. The summed E-state index contributed by atoms with van der Waals surface area (Å²) in [5.41, 5.74) is 2.61. The Morgan fingerprint density at radius 3 is 2.89 bits per heavy atom. The van der Waals surface area contributed by atoms with Crippen LogP contribution in [-0.2, 0) is 6.54 Å². The van der Waals surface area contributed by atoms with Crippen molar-refractivity contribution in [3.05, 3.63) is 36.0 Å². The third-order valence-corrected chi connectivity index (χ3v) is 3.21. The van der Waals surface area contributed by atoms with Crippen LogP contribution in [0.4, 0.5) is 0 Å². The Balaban J connectivity index is 1.88. The highest BCUT2D eigenvalue weighted by atomic mass is 15.1. The molecule has 2 rings (SSSR count). The van der Waals surface area contributed by atoms with Crippen LogP contribution in [0.3, 0.4) is 0 Å². The van der Waals surface area contributed by atoms with E-state index in [4.69, 9.17) is 0 Å². The maximum absolute atomic E-state index is 3.43. The van der Waals surface area contributed by atoms with Gasteiger partial charge in [-0.05, 0) is 31.6 Å². The van der Waals surface area contributed by atoms with Crippen LogP contribution in [0.25, 0.3) is 10.9 Å². The van der Waals surface area contributed by atoms with Gasteiger partial charge >= 0.3 is 0 Å². The van der Waals surface area contributed by atoms with E-state index in [0.717, 1.165) is 26.2 Å². The first-order valence-electron chi connectivity index (χ1n) is 6.75. The maximum Gasteiger partial charge on any atom is 0.0457 e. The van der Waals surface area contributed by atoms with Gasteiger partial charge in [0.15, 0.2) is 0 Å². The topological polar surface area (TPSA) is 31.1 Å². The molecule has 0 aliphatic heterocycles. The predicted molar refractivity (Wildman–Crippen MR) is 77.8 cm³/mol. The van der Waals surface area contributed by atoms with Gasteiger partial charge in [-0.1, -0.05) is 25.1 Å². The molecular formula is C15H23N3. The van der Waals surface area contributed by atoms with E-state index in [1.165, 1.54) is 22.9 Å². The Bertz CT molecular complexity index is 475. The maximum atomic E-state index is 3.43. The second-order valence-electron chi connectivity index (χ2n) is 4.85. The Morgan fingerprint density at radius 1 is 1.22 bits per heavy atom. The van der Waals surface area contributed by atoms with Gasteiger partial charge in [0.05, 0.1) is 0 Å². The third-order valence-electron chi connectivity index (χ3n) is 3.21. The van der Waals surface area contributed by atoms with Gasteiger partial charge in [0.1, 0.15) is 0 Å². The minimum atomic E-state index is 0.998.